The highest BCUT2D eigenvalue weighted by Gasteiger charge is 2.22. The maximum absolute atomic E-state index is 13.0. The van der Waals surface area contributed by atoms with Crippen LogP contribution in [0.2, 0.25) is 5.02 Å². The molecule has 23 heavy (non-hydrogen) atoms. The summed E-state index contributed by atoms with van der Waals surface area (Å²) in [6, 6.07) is 7.17. The molecule has 3 heterocycles. The van der Waals surface area contributed by atoms with E-state index < -0.39 is 0 Å². The average molecular weight is 328 g/mol. The Hall–Kier alpha value is -2.47. The lowest BCUT2D eigenvalue weighted by Gasteiger charge is -2.20. The Labute approximate surface area is 137 Å². The molecule has 1 amide bonds. The molecule has 1 aliphatic heterocycles. The molecular weight excluding hydrogens is 314 g/mol. The molecule has 6 nitrogen and oxygen atoms in total. The van der Waals surface area contributed by atoms with Gasteiger partial charge in [0.2, 0.25) is 0 Å². The van der Waals surface area contributed by atoms with Crippen molar-refractivity contribution in [3.8, 4) is 0 Å². The lowest BCUT2D eigenvalue weighted by molar-refractivity contribution is 0.0747. The molecular formula is C16H14ClN5O. The maximum Gasteiger partial charge on any atom is 0.254 e. The second kappa shape index (κ2) is 5.62. The van der Waals surface area contributed by atoms with Crippen LogP contribution in [-0.2, 0) is 13.1 Å². The molecule has 0 bridgehead atoms. The summed E-state index contributed by atoms with van der Waals surface area (Å²) in [6.45, 7) is 1.99. The van der Waals surface area contributed by atoms with Gasteiger partial charge in [0.15, 0.2) is 0 Å². The largest absolute Gasteiger partial charge is 0.333 e. The second-order valence-corrected chi connectivity index (χ2v) is 5.99. The summed E-state index contributed by atoms with van der Waals surface area (Å²) < 4.78 is 1.86. The number of carbonyl (C=O) groups excluding carboxylic acids is 1. The highest BCUT2D eigenvalue weighted by Crippen LogP contribution is 2.23. The van der Waals surface area contributed by atoms with Gasteiger partial charge in [0.1, 0.15) is 0 Å². The van der Waals surface area contributed by atoms with Gasteiger partial charge in [-0.25, -0.2) is 4.68 Å². The summed E-state index contributed by atoms with van der Waals surface area (Å²) in [6.07, 6.45) is 4.22. The van der Waals surface area contributed by atoms with Crippen LogP contribution < -0.4 is 0 Å². The fourth-order valence-corrected chi connectivity index (χ4v) is 3.09. The van der Waals surface area contributed by atoms with E-state index in [4.69, 9.17) is 11.6 Å². The Morgan fingerprint density at radius 2 is 2.13 bits per heavy atom. The van der Waals surface area contributed by atoms with Crippen molar-refractivity contribution in [2.45, 2.75) is 19.5 Å². The number of rotatable bonds is 1. The van der Waals surface area contributed by atoms with Crippen LogP contribution in [0.25, 0.3) is 10.9 Å². The number of nitrogens with zero attached hydrogens (tertiary/aromatic N) is 5. The molecule has 4 rings (SSSR count). The Morgan fingerprint density at radius 1 is 1.22 bits per heavy atom. The Balaban J connectivity index is 1.72. The second-order valence-electron chi connectivity index (χ2n) is 5.55. The van der Waals surface area contributed by atoms with E-state index in [-0.39, 0.29) is 5.91 Å². The van der Waals surface area contributed by atoms with Crippen LogP contribution >= 0.6 is 11.6 Å². The van der Waals surface area contributed by atoms with E-state index in [1.807, 2.05) is 15.6 Å². The summed E-state index contributed by atoms with van der Waals surface area (Å²) in [5.41, 5.74) is 2.33. The molecule has 0 N–H and O–H groups in total. The predicted molar refractivity (Wildman–Crippen MR) is 86.1 cm³/mol. The van der Waals surface area contributed by atoms with E-state index in [1.54, 1.807) is 30.6 Å². The molecule has 0 saturated carbocycles. The van der Waals surface area contributed by atoms with Gasteiger partial charge in [-0.1, -0.05) is 22.9 Å². The highest BCUT2D eigenvalue weighted by molar-refractivity contribution is 6.31. The molecule has 0 aliphatic carbocycles. The van der Waals surface area contributed by atoms with Crippen molar-refractivity contribution in [3.05, 3.63) is 52.9 Å². The minimum Gasteiger partial charge on any atom is -0.333 e. The minimum absolute atomic E-state index is 0.00521. The van der Waals surface area contributed by atoms with Gasteiger partial charge in [-0.05, 0) is 24.6 Å². The van der Waals surface area contributed by atoms with Gasteiger partial charge < -0.3 is 4.90 Å². The number of halogens is 1. The minimum atomic E-state index is -0.00521. The summed E-state index contributed by atoms with van der Waals surface area (Å²) in [4.78, 5) is 19.1. The lowest BCUT2D eigenvalue weighted by Crippen LogP contribution is -2.30. The number of fused-ring (bicyclic) bond motifs is 2. The molecule has 0 saturated heterocycles. The number of aromatic nitrogens is 4. The smallest absolute Gasteiger partial charge is 0.254 e. The van der Waals surface area contributed by atoms with E-state index in [2.05, 4.69) is 15.3 Å². The number of carbonyl (C=O) groups is 1. The molecule has 1 aromatic carbocycles. The predicted octanol–water partition coefficient (Wildman–Crippen LogP) is 2.53. The number of hydrogen-bond acceptors (Lipinski definition) is 4. The summed E-state index contributed by atoms with van der Waals surface area (Å²) in [5, 5.41) is 9.40. The van der Waals surface area contributed by atoms with Crippen molar-refractivity contribution in [1.29, 1.82) is 0 Å². The van der Waals surface area contributed by atoms with E-state index in [0.717, 1.165) is 29.6 Å². The van der Waals surface area contributed by atoms with Crippen LogP contribution in [0.1, 0.15) is 22.5 Å². The molecule has 0 radical (unpaired) electrons. The van der Waals surface area contributed by atoms with Crippen molar-refractivity contribution < 1.29 is 4.79 Å². The van der Waals surface area contributed by atoms with E-state index in [1.165, 1.54) is 0 Å². The van der Waals surface area contributed by atoms with Gasteiger partial charge >= 0.3 is 0 Å². The zero-order valence-corrected chi connectivity index (χ0v) is 13.1. The molecule has 2 aromatic heterocycles. The van der Waals surface area contributed by atoms with Crippen LogP contribution in [0.4, 0.5) is 0 Å². The molecule has 0 unspecified atom stereocenters. The number of amides is 1. The van der Waals surface area contributed by atoms with Crippen molar-refractivity contribution in [2.75, 3.05) is 6.54 Å². The zero-order chi connectivity index (χ0) is 15.8. The van der Waals surface area contributed by atoms with Gasteiger partial charge in [0, 0.05) is 29.7 Å². The van der Waals surface area contributed by atoms with Gasteiger partial charge in [-0.15, -0.1) is 5.10 Å². The first-order chi connectivity index (χ1) is 11.2. The third-order valence-corrected chi connectivity index (χ3v) is 4.31. The van der Waals surface area contributed by atoms with Crippen LogP contribution in [-0.4, -0.2) is 37.3 Å². The molecule has 3 aromatic rings. The molecule has 0 atom stereocenters. The van der Waals surface area contributed by atoms with Crippen LogP contribution in [0.15, 0.2) is 36.7 Å². The van der Waals surface area contributed by atoms with Crippen molar-refractivity contribution in [3.63, 3.8) is 0 Å². The van der Waals surface area contributed by atoms with Crippen molar-refractivity contribution in [2.24, 2.45) is 0 Å². The van der Waals surface area contributed by atoms with E-state index in [0.29, 0.717) is 23.7 Å². The first-order valence-corrected chi connectivity index (χ1v) is 7.81. The summed E-state index contributed by atoms with van der Waals surface area (Å²) in [7, 11) is 0. The standard InChI is InChI=1S/C16H14ClN5O/c17-11-2-3-13-14(4-5-18-15(13)8-11)16(23)21-6-1-7-22-12(10-21)9-19-20-22/h2-5,8-9H,1,6-7,10H2. The third kappa shape index (κ3) is 2.55. The zero-order valence-electron chi connectivity index (χ0n) is 12.3. The quantitative estimate of drug-likeness (QED) is 0.689. The molecule has 7 heteroatoms. The maximum atomic E-state index is 13.0. The third-order valence-electron chi connectivity index (χ3n) is 4.07. The number of benzene rings is 1. The fourth-order valence-electron chi connectivity index (χ4n) is 2.93. The van der Waals surface area contributed by atoms with Gasteiger partial charge in [0.05, 0.1) is 29.5 Å². The van der Waals surface area contributed by atoms with Gasteiger partial charge in [0.25, 0.3) is 5.91 Å². The van der Waals surface area contributed by atoms with Crippen molar-refractivity contribution in [1.82, 2.24) is 24.9 Å². The van der Waals surface area contributed by atoms with Crippen LogP contribution in [0, 0.1) is 0 Å². The monoisotopic (exact) mass is 327 g/mol. The topological polar surface area (TPSA) is 63.9 Å². The van der Waals surface area contributed by atoms with E-state index in [9.17, 15) is 4.79 Å². The van der Waals surface area contributed by atoms with Gasteiger partial charge in [-0.3, -0.25) is 9.78 Å². The van der Waals surface area contributed by atoms with Gasteiger partial charge in [-0.2, -0.15) is 0 Å². The molecule has 1 aliphatic rings. The Morgan fingerprint density at radius 3 is 3.04 bits per heavy atom. The molecule has 0 fully saturated rings. The highest BCUT2D eigenvalue weighted by atomic mass is 35.5. The SMILES string of the molecule is O=C(c1ccnc2cc(Cl)ccc12)N1CCCn2nncc2C1. The molecule has 116 valence electrons. The number of aryl methyl sites for hydroxylation is 1. The fraction of sp³-hybridized carbons (Fsp3) is 0.250. The lowest BCUT2D eigenvalue weighted by atomic mass is 10.1. The van der Waals surface area contributed by atoms with Crippen molar-refractivity contribution >= 4 is 28.4 Å². The normalized spacial score (nSPS) is 14.6. The number of pyridine rings is 1. The summed E-state index contributed by atoms with van der Waals surface area (Å²) in [5.74, 6) is -0.00521. The first kappa shape index (κ1) is 14.1. The summed E-state index contributed by atoms with van der Waals surface area (Å²) >= 11 is 6.01. The first-order valence-electron chi connectivity index (χ1n) is 7.43. The Bertz CT molecular complexity index is 891. The average Bonchev–Trinajstić information content (AvgIpc) is 2.90. The van der Waals surface area contributed by atoms with Crippen LogP contribution in [0.3, 0.4) is 0 Å². The Kier molecular flexibility index (Phi) is 3.46. The number of hydrogen-bond donors (Lipinski definition) is 0. The molecule has 0 spiro atoms. The van der Waals surface area contributed by atoms with Crippen LogP contribution in [0.5, 0.6) is 0 Å². The van der Waals surface area contributed by atoms with E-state index >= 15 is 0 Å².